The molecule has 2 saturated heterocycles. The van der Waals surface area contributed by atoms with Crippen molar-refractivity contribution in [2.24, 2.45) is 0 Å². The van der Waals surface area contributed by atoms with E-state index in [1.807, 2.05) is 12.2 Å². The Morgan fingerprint density at radius 3 is 1.21 bits per heavy atom. The number of benzene rings is 2. The van der Waals surface area contributed by atoms with Crippen LogP contribution in [0.3, 0.4) is 0 Å². The van der Waals surface area contributed by atoms with Gasteiger partial charge in [0.15, 0.2) is 0 Å². The third-order valence-corrected chi connectivity index (χ3v) is 7.29. The van der Waals surface area contributed by atoms with Gasteiger partial charge in [0.2, 0.25) is 0 Å². The molecule has 0 aromatic heterocycles. The Hall–Kier alpha value is -3.88. The summed E-state index contributed by atoms with van der Waals surface area (Å²) in [6, 6.07) is 14.0. The number of fused-ring (bicyclic) bond motifs is 2. The van der Waals surface area contributed by atoms with Crippen LogP contribution in [0.2, 0.25) is 0 Å². The van der Waals surface area contributed by atoms with Crippen LogP contribution in [0.4, 0.5) is 0 Å². The van der Waals surface area contributed by atoms with E-state index in [1.54, 1.807) is 48.5 Å². The Morgan fingerprint density at radius 1 is 0.579 bits per heavy atom. The number of nitrogens with one attached hydrogen (secondary N) is 2. The Kier molecular flexibility index (Phi) is 7.91. The van der Waals surface area contributed by atoms with E-state index in [2.05, 4.69) is 10.6 Å². The van der Waals surface area contributed by atoms with Crippen LogP contribution in [0, 0.1) is 0 Å². The predicted molar refractivity (Wildman–Crippen MR) is 144 cm³/mol. The van der Waals surface area contributed by atoms with Crippen molar-refractivity contribution in [3.05, 3.63) is 94.1 Å². The summed E-state index contributed by atoms with van der Waals surface area (Å²) in [6.45, 7) is 4.58. The average Bonchev–Trinajstić information content (AvgIpc) is 3.36. The molecule has 8 nitrogen and oxygen atoms in total. The number of amides is 4. The van der Waals surface area contributed by atoms with E-state index in [-0.39, 0.29) is 23.6 Å². The fourth-order valence-electron chi connectivity index (χ4n) is 5.15. The van der Waals surface area contributed by atoms with Crippen molar-refractivity contribution >= 4 is 23.6 Å². The maximum absolute atomic E-state index is 12.1. The molecule has 0 aliphatic carbocycles. The third-order valence-electron chi connectivity index (χ3n) is 7.29. The van der Waals surface area contributed by atoms with Gasteiger partial charge in [0.1, 0.15) is 0 Å². The summed E-state index contributed by atoms with van der Waals surface area (Å²) >= 11 is 0. The number of nitrogens with zero attached hydrogens (tertiary/aromatic N) is 2. The van der Waals surface area contributed by atoms with E-state index >= 15 is 0 Å². The molecule has 2 aromatic rings. The molecule has 0 bridgehead atoms. The molecule has 2 fully saturated rings. The first-order chi connectivity index (χ1) is 18.5. The van der Waals surface area contributed by atoms with Gasteiger partial charge in [-0.05, 0) is 63.0 Å². The summed E-state index contributed by atoms with van der Waals surface area (Å²) in [6.07, 6.45) is 8.36. The predicted octanol–water partition coefficient (Wildman–Crippen LogP) is 3.18. The quantitative estimate of drug-likeness (QED) is 0.482. The normalized spacial score (nSPS) is 21.1. The fraction of sp³-hybridized carbons (Fsp3) is 0.333. The first-order valence-electron chi connectivity index (χ1n) is 13.2. The smallest absolute Gasteiger partial charge is 0.261 e. The Morgan fingerprint density at radius 2 is 0.921 bits per heavy atom. The van der Waals surface area contributed by atoms with Crippen LogP contribution in [0.5, 0.6) is 0 Å². The highest BCUT2D eigenvalue weighted by Gasteiger charge is 2.35. The number of hydrogen-bond donors (Lipinski definition) is 2. The second kappa shape index (κ2) is 11.7. The van der Waals surface area contributed by atoms with Crippen molar-refractivity contribution in [3.8, 4) is 0 Å². The standard InChI is InChI=1S/2C15H16N2O2/c2*18-14-12-5-1-2-6-13(12)15(19)17(14)9-7-11-4-3-8-16-10-11/h2*1-2,5-7,16H,3-4,8-10H2/b11-7+;11-7-. The highest BCUT2D eigenvalue weighted by atomic mass is 16.2. The molecule has 0 saturated carbocycles. The Bertz CT molecular complexity index is 1140. The molecule has 4 heterocycles. The van der Waals surface area contributed by atoms with Crippen molar-refractivity contribution in [2.75, 3.05) is 39.3 Å². The van der Waals surface area contributed by atoms with Gasteiger partial charge in [-0.25, -0.2) is 0 Å². The van der Waals surface area contributed by atoms with Gasteiger partial charge in [0.25, 0.3) is 23.6 Å². The zero-order valence-corrected chi connectivity index (χ0v) is 21.4. The second-order valence-corrected chi connectivity index (χ2v) is 9.82. The van der Waals surface area contributed by atoms with Crippen molar-refractivity contribution in [1.82, 2.24) is 20.4 Å². The highest BCUT2D eigenvalue weighted by molar-refractivity contribution is 6.22. The van der Waals surface area contributed by atoms with Crippen LogP contribution in [0.1, 0.15) is 67.1 Å². The maximum Gasteiger partial charge on any atom is 0.261 e. The number of piperidine rings is 2. The molecular formula is C30H32N4O4. The minimum absolute atomic E-state index is 0.179. The lowest BCUT2D eigenvalue weighted by atomic mass is 10.1. The van der Waals surface area contributed by atoms with Gasteiger partial charge in [-0.1, -0.05) is 47.6 Å². The molecule has 6 rings (SSSR count). The maximum atomic E-state index is 12.1. The van der Waals surface area contributed by atoms with E-state index in [9.17, 15) is 19.2 Å². The van der Waals surface area contributed by atoms with Gasteiger partial charge in [-0.15, -0.1) is 0 Å². The van der Waals surface area contributed by atoms with Crippen LogP contribution < -0.4 is 10.6 Å². The zero-order chi connectivity index (χ0) is 26.5. The molecule has 4 amide bonds. The van der Waals surface area contributed by atoms with Crippen molar-refractivity contribution in [2.45, 2.75) is 25.7 Å². The summed E-state index contributed by atoms with van der Waals surface area (Å²) in [5.74, 6) is -0.718. The molecule has 0 atom stereocenters. The van der Waals surface area contributed by atoms with Crippen LogP contribution in [0.25, 0.3) is 0 Å². The highest BCUT2D eigenvalue weighted by Crippen LogP contribution is 2.24. The average molecular weight is 513 g/mol. The van der Waals surface area contributed by atoms with E-state index in [0.29, 0.717) is 35.3 Å². The molecule has 2 aromatic carbocycles. The first-order valence-corrected chi connectivity index (χ1v) is 13.2. The van der Waals surface area contributed by atoms with Crippen LogP contribution in [-0.4, -0.2) is 72.7 Å². The van der Waals surface area contributed by atoms with Gasteiger partial charge in [-0.2, -0.15) is 0 Å². The summed E-state index contributed by atoms with van der Waals surface area (Å²) in [5.41, 5.74) is 4.64. The lowest BCUT2D eigenvalue weighted by Crippen LogP contribution is -2.31. The summed E-state index contributed by atoms with van der Waals surface area (Å²) in [5, 5.41) is 6.59. The van der Waals surface area contributed by atoms with Gasteiger partial charge < -0.3 is 10.6 Å². The largest absolute Gasteiger partial charge is 0.313 e. The van der Waals surface area contributed by atoms with Crippen molar-refractivity contribution in [3.63, 3.8) is 0 Å². The monoisotopic (exact) mass is 512 g/mol. The van der Waals surface area contributed by atoms with Crippen molar-refractivity contribution in [1.29, 1.82) is 0 Å². The molecule has 0 radical (unpaired) electrons. The molecule has 38 heavy (non-hydrogen) atoms. The third kappa shape index (κ3) is 5.37. The van der Waals surface area contributed by atoms with Gasteiger partial charge in [0.05, 0.1) is 22.3 Å². The summed E-state index contributed by atoms with van der Waals surface area (Å²) < 4.78 is 0. The molecule has 4 aliphatic rings. The second-order valence-electron chi connectivity index (χ2n) is 9.82. The molecule has 4 aliphatic heterocycles. The van der Waals surface area contributed by atoms with Gasteiger partial charge in [0, 0.05) is 26.2 Å². The van der Waals surface area contributed by atoms with Crippen LogP contribution in [-0.2, 0) is 0 Å². The first kappa shape index (κ1) is 25.8. The van der Waals surface area contributed by atoms with Crippen LogP contribution in [0.15, 0.2) is 71.8 Å². The lowest BCUT2D eigenvalue weighted by molar-refractivity contribution is 0.0656. The van der Waals surface area contributed by atoms with E-state index in [0.717, 1.165) is 51.9 Å². The summed E-state index contributed by atoms with van der Waals surface area (Å²) in [4.78, 5) is 51.2. The number of carbonyl (C=O) groups is 4. The zero-order valence-electron chi connectivity index (χ0n) is 21.4. The SMILES string of the molecule is O=C1c2ccccc2C(=O)N1C/C=C1/CCCNC1.O=C1c2ccccc2C(=O)N1C/C=C1\CCCNC1. The topological polar surface area (TPSA) is 98.8 Å². The lowest BCUT2D eigenvalue weighted by Gasteiger charge is -2.17. The fourth-order valence-corrected chi connectivity index (χ4v) is 5.15. The number of imide groups is 2. The molecule has 196 valence electrons. The Balaban J connectivity index is 0.000000155. The van der Waals surface area contributed by atoms with Crippen LogP contribution >= 0.6 is 0 Å². The minimum atomic E-state index is -0.179. The van der Waals surface area contributed by atoms with E-state index in [1.165, 1.54) is 20.9 Å². The van der Waals surface area contributed by atoms with E-state index < -0.39 is 0 Å². The van der Waals surface area contributed by atoms with E-state index in [4.69, 9.17) is 0 Å². The molecule has 8 heteroatoms. The number of hydrogen-bond acceptors (Lipinski definition) is 6. The number of rotatable bonds is 4. The Labute approximate surface area is 222 Å². The molecule has 2 N–H and O–H groups in total. The van der Waals surface area contributed by atoms with Gasteiger partial charge >= 0.3 is 0 Å². The van der Waals surface area contributed by atoms with Crippen molar-refractivity contribution < 1.29 is 19.2 Å². The number of carbonyl (C=O) groups excluding carboxylic acids is 4. The molecule has 0 spiro atoms. The molecular weight excluding hydrogens is 480 g/mol. The summed E-state index contributed by atoms with van der Waals surface area (Å²) in [7, 11) is 0. The van der Waals surface area contributed by atoms with Gasteiger partial charge in [-0.3, -0.25) is 29.0 Å². The minimum Gasteiger partial charge on any atom is -0.313 e. The molecule has 0 unspecified atom stereocenters.